The predicted molar refractivity (Wildman–Crippen MR) is 82.6 cm³/mol. The van der Waals surface area contributed by atoms with Crippen molar-refractivity contribution in [2.45, 2.75) is 26.3 Å². The van der Waals surface area contributed by atoms with Gasteiger partial charge in [0.25, 0.3) is 0 Å². The van der Waals surface area contributed by atoms with Gasteiger partial charge in [-0.15, -0.1) is 5.10 Å². The fourth-order valence-electron chi connectivity index (χ4n) is 2.33. The fraction of sp³-hybridized carbons (Fsp3) is 0.400. The zero-order valence-corrected chi connectivity index (χ0v) is 13.5. The van der Waals surface area contributed by atoms with Crippen LogP contribution in [0.1, 0.15) is 19.7 Å². The van der Waals surface area contributed by atoms with Crippen molar-refractivity contribution in [3.63, 3.8) is 0 Å². The van der Waals surface area contributed by atoms with Crippen LogP contribution in [0.2, 0.25) is 0 Å². The van der Waals surface area contributed by atoms with Crippen molar-refractivity contribution in [1.29, 1.82) is 0 Å². The van der Waals surface area contributed by atoms with Crippen molar-refractivity contribution >= 4 is 17.6 Å². The van der Waals surface area contributed by atoms with Gasteiger partial charge in [0.05, 0.1) is 0 Å². The second-order valence-electron chi connectivity index (χ2n) is 5.59. The van der Waals surface area contributed by atoms with Gasteiger partial charge in [-0.2, -0.15) is 0 Å². The molecule has 0 fully saturated rings. The second kappa shape index (κ2) is 7.16. The molecule has 0 bridgehead atoms. The molecule has 2 rings (SSSR count). The third-order valence-corrected chi connectivity index (χ3v) is 3.55. The molecule has 2 aromatic rings. The summed E-state index contributed by atoms with van der Waals surface area (Å²) >= 11 is 0. The Morgan fingerprint density at radius 1 is 1.29 bits per heavy atom. The van der Waals surface area contributed by atoms with Gasteiger partial charge in [-0.25, -0.2) is 9.07 Å². The highest BCUT2D eigenvalue weighted by Gasteiger charge is 2.34. The Bertz CT molecular complexity index is 729. The molecule has 128 valence electrons. The number of aliphatic carboxylic acids is 1. The lowest BCUT2D eigenvalue weighted by Crippen LogP contribution is -2.44. The average Bonchev–Trinajstić information content (AvgIpc) is 2.91. The number of hydrogen-bond donors (Lipinski definition) is 1. The zero-order valence-electron chi connectivity index (χ0n) is 13.5. The molecular formula is C15H18FN5O3. The van der Waals surface area contributed by atoms with Crippen molar-refractivity contribution in [3.8, 4) is 0 Å². The lowest BCUT2D eigenvalue weighted by atomic mass is 10.0. The minimum atomic E-state index is -1.35. The molecule has 1 heterocycles. The monoisotopic (exact) mass is 335 g/mol. The quantitative estimate of drug-likeness (QED) is 0.791. The van der Waals surface area contributed by atoms with E-state index in [1.54, 1.807) is 20.9 Å². The molecule has 0 radical (unpaired) electrons. The minimum Gasteiger partial charge on any atom is -0.481 e. The first-order valence-corrected chi connectivity index (χ1v) is 7.34. The van der Waals surface area contributed by atoms with E-state index >= 15 is 0 Å². The van der Waals surface area contributed by atoms with Crippen molar-refractivity contribution in [2.75, 3.05) is 4.90 Å². The Kier molecular flexibility index (Phi) is 5.22. The van der Waals surface area contributed by atoms with E-state index in [9.17, 15) is 19.1 Å². The van der Waals surface area contributed by atoms with Crippen LogP contribution < -0.4 is 4.90 Å². The van der Waals surface area contributed by atoms with Gasteiger partial charge < -0.3 is 10.0 Å². The Morgan fingerprint density at radius 2 is 1.92 bits per heavy atom. The Balaban J connectivity index is 2.33. The van der Waals surface area contributed by atoms with E-state index in [-0.39, 0.29) is 12.5 Å². The maximum Gasteiger partial charge on any atom is 0.316 e. The number of carboxylic acids is 1. The van der Waals surface area contributed by atoms with Gasteiger partial charge >= 0.3 is 5.97 Å². The normalized spacial score (nSPS) is 12.2. The van der Waals surface area contributed by atoms with Crippen molar-refractivity contribution < 1.29 is 19.1 Å². The molecule has 0 spiro atoms. The molecule has 1 unspecified atom stereocenters. The lowest BCUT2D eigenvalue weighted by molar-refractivity contribution is -0.146. The van der Waals surface area contributed by atoms with Gasteiger partial charge in [0, 0.05) is 25.2 Å². The SMILES string of the molecule is CC(C)N(C(=O)C(Cc1nnnn1C)C(=O)O)c1ccc(F)cc1. The standard InChI is InChI=1S/C15H18FN5O3/c1-9(2)21(11-6-4-10(16)5-7-11)14(22)12(15(23)24)8-13-17-18-19-20(13)3/h4-7,9,12H,8H2,1-3H3,(H,23,24). The molecule has 0 saturated heterocycles. The topological polar surface area (TPSA) is 101 Å². The van der Waals surface area contributed by atoms with E-state index in [1.807, 2.05) is 0 Å². The third kappa shape index (κ3) is 3.73. The van der Waals surface area contributed by atoms with Crippen LogP contribution in [0, 0.1) is 11.7 Å². The number of amides is 1. The van der Waals surface area contributed by atoms with E-state index in [0.717, 1.165) is 0 Å². The third-order valence-electron chi connectivity index (χ3n) is 3.55. The number of aromatic nitrogens is 4. The van der Waals surface area contributed by atoms with E-state index in [2.05, 4.69) is 15.5 Å². The highest BCUT2D eigenvalue weighted by atomic mass is 19.1. The number of carboxylic acid groups (broad SMARTS) is 1. The van der Waals surface area contributed by atoms with Crippen LogP contribution in [0.4, 0.5) is 10.1 Å². The van der Waals surface area contributed by atoms with Crippen LogP contribution in [0.3, 0.4) is 0 Å². The van der Waals surface area contributed by atoms with Crippen LogP contribution in [0.5, 0.6) is 0 Å². The van der Waals surface area contributed by atoms with Crippen molar-refractivity contribution in [3.05, 3.63) is 35.9 Å². The number of hydrogen-bond acceptors (Lipinski definition) is 5. The summed E-state index contributed by atoms with van der Waals surface area (Å²) in [6, 6.07) is 5.02. The van der Waals surface area contributed by atoms with Crippen LogP contribution in [0.25, 0.3) is 0 Å². The maximum absolute atomic E-state index is 13.1. The van der Waals surface area contributed by atoms with Gasteiger partial charge in [0.2, 0.25) is 5.91 Å². The summed E-state index contributed by atoms with van der Waals surface area (Å²) < 4.78 is 14.4. The van der Waals surface area contributed by atoms with Gasteiger partial charge in [-0.05, 0) is 48.5 Å². The highest BCUT2D eigenvalue weighted by molar-refractivity contribution is 6.06. The smallest absolute Gasteiger partial charge is 0.316 e. The van der Waals surface area contributed by atoms with Crippen LogP contribution in [-0.2, 0) is 23.1 Å². The first kappa shape index (κ1) is 17.5. The summed E-state index contributed by atoms with van der Waals surface area (Å²) in [6.45, 7) is 3.51. The van der Waals surface area contributed by atoms with E-state index < -0.39 is 23.6 Å². The molecule has 0 aliphatic heterocycles. The summed E-state index contributed by atoms with van der Waals surface area (Å²) in [5, 5.41) is 20.3. The van der Waals surface area contributed by atoms with Gasteiger partial charge in [-0.3, -0.25) is 9.59 Å². The first-order valence-electron chi connectivity index (χ1n) is 7.34. The highest BCUT2D eigenvalue weighted by Crippen LogP contribution is 2.22. The minimum absolute atomic E-state index is 0.137. The first-order chi connectivity index (χ1) is 11.3. The van der Waals surface area contributed by atoms with E-state index in [1.165, 1.54) is 33.8 Å². The molecule has 1 aromatic carbocycles. The van der Waals surface area contributed by atoms with Crippen LogP contribution in [0.15, 0.2) is 24.3 Å². The number of aryl methyl sites for hydroxylation is 1. The molecule has 1 atom stereocenters. The molecule has 9 heteroatoms. The summed E-state index contributed by atoms with van der Waals surface area (Å²) in [5.41, 5.74) is 0.429. The number of tetrazole rings is 1. The number of nitrogens with zero attached hydrogens (tertiary/aromatic N) is 5. The molecule has 0 saturated carbocycles. The van der Waals surface area contributed by atoms with E-state index in [4.69, 9.17) is 0 Å². The second-order valence-corrected chi connectivity index (χ2v) is 5.59. The molecule has 24 heavy (non-hydrogen) atoms. The zero-order chi connectivity index (χ0) is 17.9. The number of benzene rings is 1. The van der Waals surface area contributed by atoms with Gasteiger partial charge in [-0.1, -0.05) is 0 Å². The summed E-state index contributed by atoms with van der Waals surface area (Å²) in [6.07, 6.45) is -0.137. The Morgan fingerprint density at radius 3 is 2.38 bits per heavy atom. The van der Waals surface area contributed by atoms with Crippen LogP contribution >= 0.6 is 0 Å². The number of rotatable bonds is 6. The molecule has 1 N–H and O–H groups in total. The molecule has 0 aliphatic rings. The Hall–Kier alpha value is -2.84. The average molecular weight is 335 g/mol. The largest absolute Gasteiger partial charge is 0.481 e. The van der Waals surface area contributed by atoms with Gasteiger partial charge in [0.15, 0.2) is 5.82 Å². The predicted octanol–water partition coefficient (Wildman–Crippen LogP) is 1.03. The molecule has 8 nitrogen and oxygen atoms in total. The fourth-order valence-corrected chi connectivity index (χ4v) is 2.33. The summed E-state index contributed by atoms with van der Waals surface area (Å²) in [5.74, 6) is -3.36. The van der Waals surface area contributed by atoms with Crippen molar-refractivity contribution in [1.82, 2.24) is 20.2 Å². The van der Waals surface area contributed by atoms with Gasteiger partial charge in [0.1, 0.15) is 11.7 Å². The number of carbonyl (C=O) groups excluding carboxylic acids is 1. The van der Waals surface area contributed by atoms with Crippen molar-refractivity contribution in [2.24, 2.45) is 13.0 Å². The summed E-state index contributed by atoms with van der Waals surface area (Å²) in [4.78, 5) is 25.8. The van der Waals surface area contributed by atoms with Crippen LogP contribution in [-0.4, -0.2) is 43.2 Å². The Labute approximate surface area is 137 Å². The molecule has 0 aliphatic carbocycles. The maximum atomic E-state index is 13.1. The lowest BCUT2D eigenvalue weighted by Gasteiger charge is -2.29. The number of carbonyl (C=O) groups is 2. The van der Waals surface area contributed by atoms with E-state index in [0.29, 0.717) is 11.5 Å². The molecular weight excluding hydrogens is 317 g/mol. The number of anilines is 1. The molecule has 1 amide bonds. The number of halogens is 1. The summed E-state index contributed by atoms with van der Waals surface area (Å²) in [7, 11) is 1.57. The molecule has 1 aromatic heterocycles.